The summed E-state index contributed by atoms with van der Waals surface area (Å²) in [5.74, 6) is -2.12. The van der Waals surface area contributed by atoms with E-state index in [-0.39, 0.29) is 38.5 Å². The molecule has 4 rings (SSSR count). The van der Waals surface area contributed by atoms with Crippen LogP contribution in [0.15, 0.2) is 34.9 Å². The molecule has 1 atom stereocenters. The van der Waals surface area contributed by atoms with Crippen molar-refractivity contribution >= 4 is 44.9 Å². The first-order valence-corrected chi connectivity index (χ1v) is 11.1. The van der Waals surface area contributed by atoms with Gasteiger partial charge in [0.15, 0.2) is 6.04 Å². The molecule has 0 spiro atoms. The predicted molar refractivity (Wildman–Crippen MR) is 122 cm³/mol. The van der Waals surface area contributed by atoms with E-state index in [1.54, 1.807) is 6.92 Å². The molecule has 1 unspecified atom stereocenters. The standard InChI is InChI=1S/C21H17F3N6O5S/c1-3-11(29-9(2)7-14(28-29)30(33)34)19(32)27-16-15-10(12-5-4-6-35-12)8-13(21(22,23)24)26-20(15)36-17(16)18(25)31/h4-8,11H,3H2,1-2H3,(H2,25,31)(H,27,32). The van der Waals surface area contributed by atoms with E-state index < -0.39 is 40.5 Å². The van der Waals surface area contributed by atoms with Gasteiger partial charge < -0.3 is 25.6 Å². The third-order valence-corrected chi connectivity index (χ3v) is 6.39. The molecule has 11 nitrogen and oxygen atoms in total. The molecule has 3 N–H and O–H groups in total. The summed E-state index contributed by atoms with van der Waals surface area (Å²) in [6.07, 6.45) is -3.38. The summed E-state index contributed by atoms with van der Waals surface area (Å²) >= 11 is 0.588. The second-order valence-corrected chi connectivity index (χ2v) is 8.64. The van der Waals surface area contributed by atoms with Gasteiger partial charge in [-0.1, -0.05) is 6.92 Å². The van der Waals surface area contributed by atoms with E-state index in [2.05, 4.69) is 15.4 Å². The SMILES string of the molecule is CCC(C(=O)Nc1c(C(N)=O)sc2nc(C(F)(F)F)cc(-c3ccco3)c12)n1nc([N+](=O)[O-])cc1C. The Kier molecular flexibility index (Phi) is 6.26. The van der Waals surface area contributed by atoms with Gasteiger partial charge in [-0.25, -0.2) is 4.98 Å². The molecule has 0 fully saturated rings. The molecular formula is C21H17F3N6O5S. The van der Waals surface area contributed by atoms with Gasteiger partial charge in [0, 0.05) is 10.9 Å². The summed E-state index contributed by atoms with van der Waals surface area (Å²) in [7, 11) is 0. The van der Waals surface area contributed by atoms with E-state index in [1.807, 2.05) is 0 Å². The number of fused-ring (bicyclic) bond motifs is 1. The highest BCUT2D eigenvalue weighted by molar-refractivity contribution is 7.21. The van der Waals surface area contributed by atoms with Gasteiger partial charge in [-0.15, -0.1) is 11.3 Å². The van der Waals surface area contributed by atoms with Crippen molar-refractivity contribution < 1.29 is 32.1 Å². The number of nitrogens with one attached hydrogen (secondary N) is 1. The Morgan fingerprint density at radius 2 is 2.08 bits per heavy atom. The predicted octanol–water partition coefficient (Wildman–Crippen LogP) is 4.68. The summed E-state index contributed by atoms with van der Waals surface area (Å²) < 4.78 is 47.1. The number of thiophene rings is 1. The first-order valence-electron chi connectivity index (χ1n) is 10.3. The fourth-order valence-electron chi connectivity index (χ4n) is 3.71. The quantitative estimate of drug-likeness (QED) is 0.263. The molecule has 188 valence electrons. The number of primary amides is 1. The van der Waals surface area contributed by atoms with Gasteiger partial charge in [-0.2, -0.15) is 17.9 Å². The highest BCUT2D eigenvalue weighted by atomic mass is 32.1. The van der Waals surface area contributed by atoms with Crippen LogP contribution in [0.25, 0.3) is 21.5 Å². The van der Waals surface area contributed by atoms with E-state index >= 15 is 0 Å². The van der Waals surface area contributed by atoms with Crippen molar-refractivity contribution in [2.75, 3.05) is 5.32 Å². The minimum absolute atomic E-state index is 0.0307. The van der Waals surface area contributed by atoms with Crippen molar-refractivity contribution in [1.29, 1.82) is 0 Å². The van der Waals surface area contributed by atoms with Crippen molar-refractivity contribution in [3.05, 3.63) is 56.9 Å². The Labute approximate surface area is 203 Å². The molecule has 0 aliphatic carbocycles. The topological polar surface area (TPSA) is 159 Å². The number of aryl methyl sites for hydroxylation is 1. The lowest BCUT2D eigenvalue weighted by Gasteiger charge is -2.15. The molecule has 4 heterocycles. The van der Waals surface area contributed by atoms with Crippen molar-refractivity contribution in [3.63, 3.8) is 0 Å². The molecule has 0 bridgehead atoms. The van der Waals surface area contributed by atoms with Gasteiger partial charge in [0.2, 0.25) is 0 Å². The van der Waals surface area contributed by atoms with Crippen molar-refractivity contribution in [1.82, 2.24) is 14.8 Å². The third kappa shape index (κ3) is 4.39. The molecule has 4 aromatic rings. The maximum absolute atomic E-state index is 13.5. The fourth-order valence-corrected chi connectivity index (χ4v) is 4.72. The monoisotopic (exact) mass is 522 g/mol. The molecule has 0 radical (unpaired) electrons. The van der Waals surface area contributed by atoms with E-state index in [4.69, 9.17) is 10.2 Å². The van der Waals surface area contributed by atoms with Gasteiger partial charge in [0.1, 0.15) is 21.2 Å². The third-order valence-electron chi connectivity index (χ3n) is 5.29. The molecule has 0 aliphatic heterocycles. The molecule has 4 aromatic heterocycles. The van der Waals surface area contributed by atoms with Crippen LogP contribution in [-0.4, -0.2) is 31.5 Å². The van der Waals surface area contributed by atoms with Gasteiger partial charge in [0.25, 0.3) is 11.8 Å². The van der Waals surface area contributed by atoms with Gasteiger partial charge in [-0.3, -0.25) is 9.59 Å². The number of nitrogens with two attached hydrogens (primary N) is 1. The lowest BCUT2D eigenvalue weighted by atomic mass is 10.1. The zero-order chi connectivity index (χ0) is 26.4. The number of halogens is 3. The largest absolute Gasteiger partial charge is 0.464 e. The number of rotatable bonds is 7. The van der Waals surface area contributed by atoms with Crippen LogP contribution in [0.5, 0.6) is 0 Å². The smallest absolute Gasteiger partial charge is 0.433 e. The molecule has 15 heteroatoms. The van der Waals surface area contributed by atoms with E-state index in [0.29, 0.717) is 17.0 Å². The van der Waals surface area contributed by atoms with Gasteiger partial charge in [0.05, 0.1) is 28.8 Å². The van der Waals surface area contributed by atoms with E-state index in [1.165, 1.54) is 36.1 Å². The molecule has 36 heavy (non-hydrogen) atoms. The molecule has 0 aliphatic rings. The number of nitro groups is 1. The number of furan rings is 1. The second kappa shape index (κ2) is 9.07. The Morgan fingerprint density at radius 3 is 2.61 bits per heavy atom. The van der Waals surface area contributed by atoms with Crippen LogP contribution in [0.2, 0.25) is 0 Å². The summed E-state index contributed by atoms with van der Waals surface area (Å²) in [5, 5.41) is 17.6. The van der Waals surface area contributed by atoms with Crippen LogP contribution in [0.4, 0.5) is 24.7 Å². The van der Waals surface area contributed by atoms with Gasteiger partial charge in [-0.05, 0) is 36.5 Å². The Morgan fingerprint density at radius 1 is 1.36 bits per heavy atom. The second-order valence-electron chi connectivity index (χ2n) is 7.64. The van der Waals surface area contributed by atoms with Gasteiger partial charge >= 0.3 is 12.0 Å². The first-order chi connectivity index (χ1) is 16.9. The Hall–Kier alpha value is -4.27. The molecule has 0 saturated carbocycles. The number of pyridine rings is 1. The number of amides is 2. The number of carbonyl (C=O) groups excluding carboxylic acids is 2. The Bertz CT molecular complexity index is 1490. The first kappa shape index (κ1) is 24.8. The van der Waals surface area contributed by atoms with Crippen LogP contribution >= 0.6 is 11.3 Å². The lowest BCUT2D eigenvalue weighted by Crippen LogP contribution is -2.28. The van der Waals surface area contributed by atoms with Crippen LogP contribution in [0, 0.1) is 17.0 Å². The van der Waals surface area contributed by atoms with E-state index in [0.717, 1.165) is 6.07 Å². The van der Waals surface area contributed by atoms with Crippen LogP contribution < -0.4 is 11.1 Å². The van der Waals surface area contributed by atoms with Crippen LogP contribution in [0.3, 0.4) is 0 Å². The number of nitrogens with zero attached hydrogens (tertiary/aromatic N) is 4. The number of anilines is 1. The minimum Gasteiger partial charge on any atom is -0.464 e. The average molecular weight is 522 g/mol. The maximum Gasteiger partial charge on any atom is 0.433 e. The number of hydrogen-bond donors (Lipinski definition) is 2. The highest BCUT2D eigenvalue weighted by Gasteiger charge is 2.36. The van der Waals surface area contributed by atoms with Crippen LogP contribution in [0.1, 0.15) is 40.4 Å². The van der Waals surface area contributed by atoms with Crippen molar-refractivity contribution in [2.24, 2.45) is 5.73 Å². The van der Waals surface area contributed by atoms with Crippen molar-refractivity contribution in [3.8, 4) is 11.3 Å². The summed E-state index contributed by atoms with van der Waals surface area (Å²) in [4.78, 5) is 39.1. The average Bonchev–Trinajstić information content (AvgIpc) is 3.53. The number of hydrogen-bond acceptors (Lipinski definition) is 8. The zero-order valence-corrected chi connectivity index (χ0v) is 19.4. The maximum atomic E-state index is 13.5. The summed E-state index contributed by atoms with van der Waals surface area (Å²) in [6, 6.07) is 3.80. The summed E-state index contributed by atoms with van der Waals surface area (Å²) in [5.41, 5.74) is 4.40. The number of alkyl halides is 3. The van der Waals surface area contributed by atoms with Crippen molar-refractivity contribution in [2.45, 2.75) is 32.5 Å². The van der Waals surface area contributed by atoms with E-state index in [9.17, 15) is 32.9 Å². The minimum atomic E-state index is -4.80. The number of aromatic nitrogens is 3. The molecule has 2 amide bonds. The molecular weight excluding hydrogens is 505 g/mol. The Balaban J connectivity index is 1.88. The lowest BCUT2D eigenvalue weighted by molar-refractivity contribution is -0.389. The summed E-state index contributed by atoms with van der Waals surface area (Å²) in [6.45, 7) is 3.17. The number of carbonyl (C=O) groups is 2. The normalized spacial score (nSPS) is 12.6. The fraction of sp³-hybridized carbons (Fsp3) is 0.238. The highest BCUT2D eigenvalue weighted by Crippen LogP contribution is 2.44. The zero-order valence-electron chi connectivity index (χ0n) is 18.6. The molecule has 0 aromatic carbocycles. The van der Waals surface area contributed by atoms with Crippen LogP contribution in [-0.2, 0) is 11.0 Å². The molecule has 0 saturated heterocycles.